The summed E-state index contributed by atoms with van der Waals surface area (Å²) in [6.45, 7) is 4.73. The lowest BCUT2D eigenvalue weighted by atomic mass is 10.0. The number of piperazine rings is 1. The van der Waals surface area contributed by atoms with Crippen LogP contribution in [0.1, 0.15) is 33.6 Å². The number of nitrogens with zero attached hydrogens (tertiary/aromatic N) is 1. The van der Waals surface area contributed by atoms with E-state index >= 15 is 0 Å². The molecule has 148 valence electrons. The highest BCUT2D eigenvalue weighted by Gasteiger charge is 2.16. The predicted octanol–water partition coefficient (Wildman–Crippen LogP) is 3.09. The molecule has 0 unspecified atom stereocenters. The molecule has 0 bridgehead atoms. The Morgan fingerprint density at radius 3 is 2.43 bits per heavy atom. The molecule has 5 nitrogen and oxygen atoms in total. The van der Waals surface area contributed by atoms with Crippen LogP contribution in [0.3, 0.4) is 0 Å². The summed E-state index contributed by atoms with van der Waals surface area (Å²) in [5.41, 5.74) is 0.593. The summed E-state index contributed by atoms with van der Waals surface area (Å²) in [4.78, 5) is 27.3. The molecule has 1 aliphatic heterocycles. The van der Waals surface area contributed by atoms with E-state index < -0.39 is 17.5 Å². The van der Waals surface area contributed by atoms with E-state index in [1.54, 1.807) is 24.3 Å². The maximum atomic E-state index is 13.3. The number of para-hydroxylation sites is 1. The monoisotopic (exact) mass is 387 g/mol. The maximum Gasteiger partial charge on any atom is 0.255 e. The van der Waals surface area contributed by atoms with Crippen molar-refractivity contribution in [2.75, 3.05) is 38.0 Å². The second-order valence-corrected chi connectivity index (χ2v) is 6.78. The van der Waals surface area contributed by atoms with Crippen molar-refractivity contribution in [3.8, 4) is 0 Å². The molecule has 2 aromatic rings. The summed E-state index contributed by atoms with van der Waals surface area (Å²) in [6, 6.07) is 9.28. The molecule has 0 radical (unpaired) electrons. The number of rotatable bonds is 7. The predicted molar refractivity (Wildman–Crippen MR) is 104 cm³/mol. The SMILES string of the molecule is O=C(Nc1ccccc1C(=O)CCCN1CCNCC1)c1cc(F)cc(F)c1. The van der Waals surface area contributed by atoms with Gasteiger partial charge in [0.05, 0.1) is 5.69 Å². The molecular weight excluding hydrogens is 364 g/mol. The van der Waals surface area contributed by atoms with Gasteiger partial charge in [-0.15, -0.1) is 0 Å². The zero-order valence-electron chi connectivity index (χ0n) is 15.5. The van der Waals surface area contributed by atoms with E-state index in [0.717, 1.165) is 51.3 Å². The average Bonchev–Trinajstić information content (AvgIpc) is 2.68. The number of hydrogen-bond donors (Lipinski definition) is 2. The molecule has 0 spiro atoms. The van der Waals surface area contributed by atoms with Crippen LogP contribution >= 0.6 is 0 Å². The number of nitrogens with one attached hydrogen (secondary N) is 2. The van der Waals surface area contributed by atoms with Gasteiger partial charge in [0.25, 0.3) is 5.91 Å². The van der Waals surface area contributed by atoms with Gasteiger partial charge in [0.1, 0.15) is 11.6 Å². The van der Waals surface area contributed by atoms with Crippen molar-refractivity contribution in [2.45, 2.75) is 12.8 Å². The average molecular weight is 387 g/mol. The lowest BCUT2D eigenvalue weighted by Crippen LogP contribution is -2.43. The molecule has 28 heavy (non-hydrogen) atoms. The lowest BCUT2D eigenvalue weighted by molar-refractivity contribution is 0.0974. The molecule has 1 saturated heterocycles. The molecule has 0 atom stereocenters. The number of Topliss-reactive ketones (excluding diaryl/α,β-unsaturated/α-hetero) is 1. The standard InChI is InChI=1S/C21H23F2N3O2/c22-16-12-15(13-17(23)14-16)21(28)25-19-5-2-1-4-18(19)20(27)6-3-9-26-10-7-24-8-11-26/h1-2,4-5,12-14,24H,3,6-11H2,(H,25,28). The molecule has 7 heteroatoms. The highest BCUT2D eigenvalue weighted by Crippen LogP contribution is 2.19. The Balaban J connectivity index is 1.63. The van der Waals surface area contributed by atoms with E-state index in [-0.39, 0.29) is 11.3 Å². The van der Waals surface area contributed by atoms with Gasteiger partial charge in [-0.3, -0.25) is 9.59 Å². The van der Waals surface area contributed by atoms with Gasteiger partial charge in [-0.25, -0.2) is 8.78 Å². The number of carbonyl (C=O) groups is 2. The second-order valence-electron chi connectivity index (χ2n) is 6.78. The number of carbonyl (C=O) groups excluding carboxylic acids is 2. The number of halogens is 2. The van der Waals surface area contributed by atoms with E-state index in [1.165, 1.54) is 0 Å². The minimum absolute atomic E-state index is 0.0727. The summed E-state index contributed by atoms with van der Waals surface area (Å²) in [6.07, 6.45) is 1.10. The molecule has 1 amide bonds. The Bertz CT molecular complexity index is 831. The molecule has 1 heterocycles. The largest absolute Gasteiger partial charge is 0.321 e. The van der Waals surface area contributed by atoms with Crippen molar-refractivity contribution >= 4 is 17.4 Å². The van der Waals surface area contributed by atoms with Crippen LogP contribution in [-0.2, 0) is 0 Å². The van der Waals surface area contributed by atoms with Crippen molar-refractivity contribution in [2.24, 2.45) is 0 Å². The zero-order chi connectivity index (χ0) is 19.9. The molecule has 3 rings (SSSR count). The van der Waals surface area contributed by atoms with Crippen LogP contribution in [0.25, 0.3) is 0 Å². The number of amides is 1. The van der Waals surface area contributed by atoms with E-state index in [9.17, 15) is 18.4 Å². The summed E-state index contributed by atoms with van der Waals surface area (Å²) in [5.74, 6) is -2.40. The van der Waals surface area contributed by atoms with Gasteiger partial charge in [0, 0.05) is 49.8 Å². The van der Waals surface area contributed by atoms with Crippen LogP contribution in [0.5, 0.6) is 0 Å². The zero-order valence-corrected chi connectivity index (χ0v) is 15.5. The number of ketones is 1. The van der Waals surface area contributed by atoms with Gasteiger partial charge in [0.15, 0.2) is 5.78 Å². The van der Waals surface area contributed by atoms with Crippen molar-refractivity contribution in [3.63, 3.8) is 0 Å². The van der Waals surface area contributed by atoms with Gasteiger partial charge in [-0.1, -0.05) is 12.1 Å². The first-order valence-corrected chi connectivity index (χ1v) is 9.35. The fourth-order valence-electron chi connectivity index (χ4n) is 3.25. The first kappa shape index (κ1) is 20.1. The summed E-state index contributed by atoms with van der Waals surface area (Å²) >= 11 is 0. The third kappa shape index (κ3) is 5.43. The van der Waals surface area contributed by atoms with Gasteiger partial charge in [-0.2, -0.15) is 0 Å². The Morgan fingerprint density at radius 1 is 1.04 bits per heavy atom. The van der Waals surface area contributed by atoms with Gasteiger partial charge in [-0.05, 0) is 37.2 Å². The highest BCUT2D eigenvalue weighted by molar-refractivity contribution is 6.09. The number of hydrogen-bond acceptors (Lipinski definition) is 4. The van der Waals surface area contributed by atoms with Crippen molar-refractivity contribution in [3.05, 3.63) is 65.2 Å². The molecule has 0 aliphatic carbocycles. The Kier molecular flexibility index (Phi) is 6.84. The Hall–Kier alpha value is -2.64. The fraction of sp³-hybridized carbons (Fsp3) is 0.333. The van der Waals surface area contributed by atoms with Crippen molar-refractivity contribution in [1.82, 2.24) is 10.2 Å². The molecule has 0 aromatic heterocycles. The summed E-state index contributed by atoms with van der Waals surface area (Å²) < 4.78 is 26.7. The van der Waals surface area contributed by atoms with E-state index in [0.29, 0.717) is 23.7 Å². The van der Waals surface area contributed by atoms with Crippen molar-refractivity contribution in [1.29, 1.82) is 0 Å². The first-order chi connectivity index (χ1) is 13.5. The molecule has 1 fully saturated rings. The fourth-order valence-corrected chi connectivity index (χ4v) is 3.25. The number of benzene rings is 2. The highest BCUT2D eigenvalue weighted by atomic mass is 19.1. The smallest absolute Gasteiger partial charge is 0.255 e. The molecule has 2 N–H and O–H groups in total. The lowest BCUT2D eigenvalue weighted by Gasteiger charge is -2.26. The Morgan fingerprint density at radius 2 is 1.71 bits per heavy atom. The van der Waals surface area contributed by atoms with Crippen LogP contribution in [0.15, 0.2) is 42.5 Å². The normalized spacial score (nSPS) is 14.6. The minimum atomic E-state index is -0.831. The van der Waals surface area contributed by atoms with Gasteiger partial charge < -0.3 is 15.5 Å². The quantitative estimate of drug-likeness (QED) is 0.717. The molecule has 1 aliphatic rings. The van der Waals surface area contributed by atoms with Crippen LogP contribution in [0, 0.1) is 11.6 Å². The summed E-state index contributed by atoms with van der Waals surface area (Å²) in [5, 5.41) is 5.88. The Labute approximate surface area is 162 Å². The van der Waals surface area contributed by atoms with Gasteiger partial charge in [0.2, 0.25) is 0 Å². The van der Waals surface area contributed by atoms with Crippen LogP contribution in [-0.4, -0.2) is 49.3 Å². The van der Waals surface area contributed by atoms with Gasteiger partial charge >= 0.3 is 0 Å². The number of anilines is 1. The van der Waals surface area contributed by atoms with Crippen LogP contribution in [0.2, 0.25) is 0 Å². The molecule has 0 saturated carbocycles. The molecule has 2 aromatic carbocycles. The van der Waals surface area contributed by atoms with E-state index in [1.807, 2.05) is 0 Å². The topological polar surface area (TPSA) is 61.4 Å². The third-order valence-corrected chi connectivity index (χ3v) is 4.69. The second kappa shape index (κ2) is 9.52. The third-order valence-electron chi connectivity index (χ3n) is 4.69. The maximum absolute atomic E-state index is 13.3. The van der Waals surface area contributed by atoms with E-state index in [4.69, 9.17) is 0 Å². The van der Waals surface area contributed by atoms with E-state index in [2.05, 4.69) is 15.5 Å². The van der Waals surface area contributed by atoms with Crippen molar-refractivity contribution < 1.29 is 18.4 Å². The first-order valence-electron chi connectivity index (χ1n) is 9.35. The summed E-state index contributed by atoms with van der Waals surface area (Å²) in [7, 11) is 0. The minimum Gasteiger partial charge on any atom is -0.321 e. The van der Waals surface area contributed by atoms with Crippen LogP contribution < -0.4 is 10.6 Å². The van der Waals surface area contributed by atoms with Crippen LogP contribution in [0.4, 0.5) is 14.5 Å². The molecular formula is C21H23F2N3O2.